The Hall–Kier alpha value is -2.95. The van der Waals surface area contributed by atoms with Gasteiger partial charge in [-0.2, -0.15) is 15.3 Å². The van der Waals surface area contributed by atoms with E-state index in [-0.39, 0.29) is 5.75 Å². The maximum absolute atomic E-state index is 9.18. The Balaban J connectivity index is 1.76. The molecular formula is C15H12N4O. The minimum atomic E-state index is 0.215. The average Bonchev–Trinajstić information content (AvgIpc) is 3.01. The molecule has 1 N–H and O–H groups in total. The second-order valence-electron chi connectivity index (χ2n) is 4.18. The van der Waals surface area contributed by atoms with Crippen molar-refractivity contribution in [2.45, 2.75) is 0 Å². The number of phenolic OH excluding ortho intramolecular Hbond substituents is 1. The van der Waals surface area contributed by atoms with E-state index >= 15 is 0 Å². The van der Waals surface area contributed by atoms with Gasteiger partial charge in [0.15, 0.2) is 0 Å². The lowest BCUT2D eigenvalue weighted by atomic mass is 10.3. The van der Waals surface area contributed by atoms with Gasteiger partial charge in [0.25, 0.3) is 0 Å². The highest BCUT2D eigenvalue weighted by atomic mass is 16.3. The zero-order chi connectivity index (χ0) is 13.8. The van der Waals surface area contributed by atoms with Crippen LogP contribution in [0.3, 0.4) is 0 Å². The first-order valence-corrected chi connectivity index (χ1v) is 6.12. The van der Waals surface area contributed by atoms with Crippen LogP contribution in [-0.4, -0.2) is 14.9 Å². The number of phenols is 1. The van der Waals surface area contributed by atoms with Crippen molar-refractivity contribution < 1.29 is 5.11 Å². The van der Waals surface area contributed by atoms with Crippen LogP contribution in [0.1, 0.15) is 0 Å². The van der Waals surface area contributed by atoms with E-state index in [9.17, 15) is 5.11 Å². The predicted octanol–water partition coefficient (Wildman–Crippen LogP) is 3.99. The van der Waals surface area contributed by atoms with Crippen molar-refractivity contribution in [3.8, 4) is 11.4 Å². The number of nitrogens with zero attached hydrogens (tertiary/aromatic N) is 4. The predicted molar refractivity (Wildman–Crippen MR) is 75.8 cm³/mol. The summed E-state index contributed by atoms with van der Waals surface area (Å²) in [6, 6.07) is 16.1. The van der Waals surface area contributed by atoms with E-state index in [0.29, 0.717) is 5.69 Å². The zero-order valence-electron chi connectivity index (χ0n) is 10.6. The standard InChI is InChI=1S/C15H12N4O/c20-15-8-4-13(5-9-15)18-17-12-2-6-14(7-3-12)19-11-1-10-16-19/h1-11,20H. The summed E-state index contributed by atoms with van der Waals surface area (Å²) in [4.78, 5) is 0. The maximum atomic E-state index is 9.18. The Labute approximate surface area is 115 Å². The van der Waals surface area contributed by atoms with Crippen molar-refractivity contribution in [3.05, 3.63) is 67.0 Å². The highest BCUT2D eigenvalue weighted by Crippen LogP contribution is 2.21. The third kappa shape index (κ3) is 2.72. The van der Waals surface area contributed by atoms with Crippen LogP contribution < -0.4 is 0 Å². The normalized spacial score (nSPS) is 11.0. The molecule has 0 aliphatic carbocycles. The van der Waals surface area contributed by atoms with Gasteiger partial charge >= 0.3 is 0 Å². The van der Waals surface area contributed by atoms with E-state index in [2.05, 4.69) is 15.3 Å². The van der Waals surface area contributed by atoms with Gasteiger partial charge < -0.3 is 5.11 Å². The van der Waals surface area contributed by atoms with E-state index in [1.54, 1.807) is 35.1 Å². The molecule has 0 saturated carbocycles. The summed E-state index contributed by atoms with van der Waals surface area (Å²) in [5.74, 6) is 0.215. The van der Waals surface area contributed by atoms with E-state index in [1.165, 1.54) is 0 Å². The van der Waals surface area contributed by atoms with E-state index in [4.69, 9.17) is 0 Å². The van der Waals surface area contributed by atoms with Crippen molar-refractivity contribution in [2.75, 3.05) is 0 Å². The fraction of sp³-hybridized carbons (Fsp3) is 0. The van der Waals surface area contributed by atoms with Gasteiger partial charge in [-0.3, -0.25) is 0 Å². The molecule has 0 bridgehead atoms. The second-order valence-corrected chi connectivity index (χ2v) is 4.18. The molecule has 0 aliphatic rings. The van der Waals surface area contributed by atoms with Gasteiger partial charge in [-0.05, 0) is 54.6 Å². The summed E-state index contributed by atoms with van der Waals surface area (Å²) in [6.45, 7) is 0. The fourth-order valence-corrected chi connectivity index (χ4v) is 1.73. The number of rotatable bonds is 3. The van der Waals surface area contributed by atoms with Crippen LogP contribution in [0.2, 0.25) is 0 Å². The topological polar surface area (TPSA) is 62.8 Å². The zero-order valence-corrected chi connectivity index (χ0v) is 10.6. The number of aromatic hydroxyl groups is 1. The SMILES string of the molecule is Oc1ccc(N=Nc2ccc(-n3cccn3)cc2)cc1. The first-order chi connectivity index (χ1) is 9.81. The Morgan fingerprint density at radius 2 is 1.45 bits per heavy atom. The quantitative estimate of drug-likeness (QED) is 0.727. The summed E-state index contributed by atoms with van der Waals surface area (Å²) in [5, 5.41) is 21.6. The number of hydrogen-bond acceptors (Lipinski definition) is 4. The van der Waals surface area contributed by atoms with Gasteiger partial charge in [0.05, 0.1) is 17.1 Å². The number of hydrogen-bond donors (Lipinski definition) is 1. The Kier molecular flexibility index (Phi) is 3.24. The summed E-state index contributed by atoms with van der Waals surface area (Å²) in [6.07, 6.45) is 3.62. The molecule has 0 saturated heterocycles. The van der Waals surface area contributed by atoms with Gasteiger partial charge in [0.2, 0.25) is 0 Å². The largest absolute Gasteiger partial charge is 0.508 e. The maximum Gasteiger partial charge on any atom is 0.115 e. The molecule has 0 atom stereocenters. The highest BCUT2D eigenvalue weighted by molar-refractivity contribution is 5.45. The van der Waals surface area contributed by atoms with Crippen LogP contribution in [0.4, 0.5) is 11.4 Å². The van der Waals surface area contributed by atoms with Crippen LogP contribution in [0.5, 0.6) is 5.75 Å². The Bertz CT molecular complexity index is 701. The van der Waals surface area contributed by atoms with E-state index in [0.717, 1.165) is 11.4 Å². The average molecular weight is 264 g/mol. The van der Waals surface area contributed by atoms with Crippen LogP contribution in [0.25, 0.3) is 5.69 Å². The third-order valence-corrected chi connectivity index (χ3v) is 2.75. The van der Waals surface area contributed by atoms with Gasteiger partial charge in [-0.25, -0.2) is 4.68 Å². The molecule has 0 aliphatic heterocycles. The van der Waals surface area contributed by atoms with Crippen LogP contribution in [0.15, 0.2) is 77.2 Å². The minimum absolute atomic E-state index is 0.215. The van der Waals surface area contributed by atoms with Crippen molar-refractivity contribution in [2.24, 2.45) is 10.2 Å². The smallest absolute Gasteiger partial charge is 0.115 e. The minimum Gasteiger partial charge on any atom is -0.508 e. The highest BCUT2D eigenvalue weighted by Gasteiger charge is 1.96. The number of benzene rings is 2. The van der Waals surface area contributed by atoms with E-state index in [1.807, 2.05) is 36.5 Å². The van der Waals surface area contributed by atoms with Crippen LogP contribution >= 0.6 is 0 Å². The molecule has 0 fully saturated rings. The van der Waals surface area contributed by atoms with Crippen molar-refractivity contribution in [1.82, 2.24) is 9.78 Å². The lowest BCUT2D eigenvalue weighted by Crippen LogP contribution is -1.92. The molecule has 2 aromatic carbocycles. The molecule has 0 unspecified atom stereocenters. The van der Waals surface area contributed by atoms with Gasteiger partial charge in [-0.1, -0.05) is 0 Å². The molecule has 20 heavy (non-hydrogen) atoms. The molecular weight excluding hydrogens is 252 g/mol. The Morgan fingerprint density at radius 3 is 2.00 bits per heavy atom. The van der Waals surface area contributed by atoms with Crippen LogP contribution in [0, 0.1) is 0 Å². The molecule has 3 rings (SSSR count). The first-order valence-electron chi connectivity index (χ1n) is 6.12. The van der Waals surface area contributed by atoms with Crippen LogP contribution in [-0.2, 0) is 0 Å². The van der Waals surface area contributed by atoms with Crippen molar-refractivity contribution in [1.29, 1.82) is 0 Å². The number of azo groups is 1. The van der Waals surface area contributed by atoms with E-state index < -0.39 is 0 Å². The molecule has 5 heteroatoms. The molecule has 0 amide bonds. The summed E-state index contributed by atoms with van der Waals surface area (Å²) in [7, 11) is 0. The summed E-state index contributed by atoms with van der Waals surface area (Å²) >= 11 is 0. The third-order valence-electron chi connectivity index (χ3n) is 2.75. The second kappa shape index (κ2) is 5.36. The molecule has 3 aromatic rings. The molecule has 1 heterocycles. The van der Waals surface area contributed by atoms with Gasteiger partial charge in [-0.15, -0.1) is 0 Å². The summed E-state index contributed by atoms with van der Waals surface area (Å²) in [5.41, 5.74) is 2.42. The molecule has 0 radical (unpaired) electrons. The van der Waals surface area contributed by atoms with Gasteiger partial charge in [0, 0.05) is 12.4 Å². The molecule has 0 spiro atoms. The number of aromatic nitrogens is 2. The lowest BCUT2D eigenvalue weighted by Gasteiger charge is -2.00. The Morgan fingerprint density at radius 1 is 0.850 bits per heavy atom. The van der Waals surface area contributed by atoms with Crippen molar-refractivity contribution >= 4 is 11.4 Å². The van der Waals surface area contributed by atoms with Gasteiger partial charge in [0.1, 0.15) is 5.75 Å². The fourth-order valence-electron chi connectivity index (χ4n) is 1.73. The monoisotopic (exact) mass is 264 g/mol. The molecule has 98 valence electrons. The summed E-state index contributed by atoms with van der Waals surface area (Å²) < 4.78 is 1.78. The lowest BCUT2D eigenvalue weighted by molar-refractivity contribution is 0.475. The van der Waals surface area contributed by atoms with Crippen molar-refractivity contribution in [3.63, 3.8) is 0 Å². The first kappa shape index (κ1) is 12.1. The molecule has 5 nitrogen and oxygen atoms in total. The molecule has 1 aromatic heterocycles.